The van der Waals surface area contributed by atoms with Gasteiger partial charge in [-0.15, -0.1) is 0 Å². The van der Waals surface area contributed by atoms with Crippen LogP contribution in [0.1, 0.15) is 18.1 Å². The topological polar surface area (TPSA) is 41.1 Å². The Labute approximate surface area is 128 Å². The van der Waals surface area contributed by atoms with Gasteiger partial charge in [-0.05, 0) is 31.5 Å². The highest BCUT2D eigenvalue weighted by molar-refractivity contribution is 9.10. The van der Waals surface area contributed by atoms with E-state index in [0.717, 1.165) is 28.9 Å². The summed E-state index contributed by atoms with van der Waals surface area (Å²) in [5, 5.41) is 3.15. The van der Waals surface area contributed by atoms with E-state index in [1.54, 1.807) is 0 Å². The zero-order valence-corrected chi connectivity index (χ0v) is 13.6. The van der Waals surface area contributed by atoms with Crippen LogP contribution >= 0.6 is 15.9 Å². The Bertz CT molecular complexity index is 569. The number of nitrogens with one attached hydrogen (secondary N) is 1. The molecule has 20 heavy (non-hydrogen) atoms. The van der Waals surface area contributed by atoms with Gasteiger partial charge in [0.25, 0.3) is 0 Å². The summed E-state index contributed by atoms with van der Waals surface area (Å²) in [6.07, 6.45) is 1.86. The first-order chi connectivity index (χ1) is 9.60. The van der Waals surface area contributed by atoms with Crippen LogP contribution in [0.4, 0.5) is 11.8 Å². The van der Waals surface area contributed by atoms with Crippen molar-refractivity contribution in [2.75, 3.05) is 23.8 Å². The lowest BCUT2D eigenvalue weighted by Gasteiger charge is -2.20. The monoisotopic (exact) mass is 334 g/mol. The molecule has 0 fully saturated rings. The Morgan fingerprint density at radius 1 is 1.25 bits per heavy atom. The summed E-state index contributed by atoms with van der Waals surface area (Å²) < 4.78 is 1.09. The highest BCUT2D eigenvalue weighted by Gasteiger charge is 2.09. The molecule has 1 aromatic carbocycles. The van der Waals surface area contributed by atoms with E-state index in [4.69, 9.17) is 0 Å². The average molecular weight is 335 g/mol. The third-order valence-electron chi connectivity index (χ3n) is 2.97. The SMILES string of the molecule is CCNc1ncc(C)c(N(C)Cc2ccc(Br)cc2)n1. The van der Waals surface area contributed by atoms with Crippen LogP contribution in [-0.4, -0.2) is 23.6 Å². The maximum Gasteiger partial charge on any atom is 0.224 e. The molecule has 0 aliphatic carbocycles. The van der Waals surface area contributed by atoms with E-state index in [-0.39, 0.29) is 0 Å². The Morgan fingerprint density at radius 3 is 2.60 bits per heavy atom. The summed E-state index contributed by atoms with van der Waals surface area (Å²) >= 11 is 3.45. The molecule has 4 nitrogen and oxygen atoms in total. The van der Waals surface area contributed by atoms with Crippen molar-refractivity contribution in [3.63, 3.8) is 0 Å². The van der Waals surface area contributed by atoms with Crippen LogP contribution in [0.2, 0.25) is 0 Å². The van der Waals surface area contributed by atoms with Crippen molar-refractivity contribution in [1.82, 2.24) is 9.97 Å². The van der Waals surface area contributed by atoms with Crippen molar-refractivity contribution in [1.29, 1.82) is 0 Å². The van der Waals surface area contributed by atoms with Crippen molar-refractivity contribution >= 4 is 27.7 Å². The summed E-state index contributed by atoms with van der Waals surface area (Å²) in [6, 6.07) is 8.34. The highest BCUT2D eigenvalue weighted by Crippen LogP contribution is 2.19. The van der Waals surface area contributed by atoms with Crippen molar-refractivity contribution in [2.24, 2.45) is 0 Å². The molecule has 0 saturated heterocycles. The minimum Gasteiger partial charge on any atom is -0.355 e. The van der Waals surface area contributed by atoms with Gasteiger partial charge in [-0.2, -0.15) is 4.98 Å². The van der Waals surface area contributed by atoms with Crippen LogP contribution < -0.4 is 10.2 Å². The molecule has 1 heterocycles. The highest BCUT2D eigenvalue weighted by atomic mass is 79.9. The summed E-state index contributed by atoms with van der Waals surface area (Å²) in [5.41, 5.74) is 2.32. The number of rotatable bonds is 5. The minimum atomic E-state index is 0.677. The van der Waals surface area contributed by atoms with Gasteiger partial charge >= 0.3 is 0 Å². The van der Waals surface area contributed by atoms with Gasteiger partial charge in [0.1, 0.15) is 5.82 Å². The first-order valence-corrected chi connectivity index (χ1v) is 7.42. The van der Waals surface area contributed by atoms with Crippen molar-refractivity contribution in [2.45, 2.75) is 20.4 Å². The molecule has 2 aromatic rings. The maximum atomic E-state index is 4.57. The predicted octanol–water partition coefficient (Wildman–Crippen LogP) is 3.62. The maximum absolute atomic E-state index is 4.57. The lowest BCUT2D eigenvalue weighted by Crippen LogP contribution is -2.20. The van der Waals surface area contributed by atoms with Gasteiger partial charge in [-0.1, -0.05) is 28.1 Å². The Kier molecular flexibility index (Phi) is 4.95. The number of aryl methyl sites for hydroxylation is 1. The number of anilines is 2. The first-order valence-electron chi connectivity index (χ1n) is 6.63. The standard InChI is InChI=1S/C15H19BrN4/c1-4-17-15-18-9-11(2)14(19-15)20(3)10-12-5-7-13(16)8-6-12/h5-9H,4,10H2,1-3H3,(H,17,18,19). The van der Waals surface area contributed by atoms with Gasteiger partial charge in [0.05, 0.1) is 0 Å². The number of halogens is 1. The zero-order chi connectivity index (χ0) is 14.5. The molecule has 0 aliphatic heterocycles. The number of hydrogen-bond donors (Lipinski definition) is 1. The summed E-state index contributed by atoms with van der Waals surface area (Å²) in [7, 11) is 2.05. The Balaban J connectivity index is 2.17. The van der Waals surface area contributed by atoms with Crippen LogP contribution in [0, 0.1) is 6.92 Å². The molecule has 5 heteroatoms. The first kappa shape index (κ1) is 14.8. The van der Waals surface area contributed by atoms with E-state index < -0.39 is 0 Å². The summed E-state index contributed by atoms with van der Waals surface area (Å²) in [6.45, 7) is 5.70. The zero-order valence-electron chi connectivity index (χ0n) is 12.0. The lowest BCUT2D eigenvalue weighted by atomic mass is 10.2. The van der Waals surface area contributed by atoms with Crippen molar-refractivity contribution in [3.8, 4) is 0 Å². The Hall–Kier alpha value is -1.62. The van der Waals surface area contributed by atoms with E-state index in [2.05, 4.69) is 60.4 Å². The normalized spacial score (nSPS) is 10.4. The fourth-order valence-corrected chi connectivity index (χ4v) is 2.27. The van der Waals surface area contributed by atoms with Gasteiger partial charge in [0, 0.05) is 36.4 Å². The van der Waals surface area contributed by atoms with Crippen LogP contribution in [0.5, 0.6) is 0 Å². The predicted molar refractivity (Wildman–Crippen MR) is 87.2 cm³/mol. The van der Waals surface area contributed by atoms with Crippen molar-refractivity contribution in [3.05, 3.63) is 46.1 Å². The van der Waals surface area contributed by atoms with Gasteiger partial charge in [-0.3, -0.25) is 0 Å². The van der Waals surface area contributed by atoms with E-state index in [1.165, 1.54) is 5.56 Å². The molecular weight excluding hydrogens is 316 g/mol. The third kappa shape index (κ3) is 3.70. The summed E-state index contributed by atoms with van der Waals surface area (Å²) in [5.74, 6) is 1.63. The van der Waals surface area contributed by atoms with Gasteiger partial charge in [0.15, 0.2) is 0 Å². The second-order valence-corrected chi connectivity index (χ2v) is 5.63. The van der Waals surface area contributed by atoms with Gasteiger partial charge < -0.3 is 10.2 Å². The minimum absolute atomic E-state index is 0.677. The largest absolute Gasteiger partial charge is 0.355 e. The fraction of sp³-hybridized carbons (Fsp3) is 0.333. The number of benzene rings is 1. The molecule has 0 atom stereocenters. The van der Waals surface area contributed by atoms with Gasteiger partial charge in [-0.25, -0.2) is 4.98 Å². The third-order valence-corrected chi connectivity index (χ3v) is 3.50. The molecule has 0 unspecified atom stereocenters. The molecule has 0 spiro atoms. The lowest BCUT2D eigenvalue weighted by molar-refractivity contribution is 0.881. The molecule has 0 bridgehead atoms. The van der Waals surface area contributed by atoms with E-state index >= 15 is 0 Å². The fourth-order valence-electron chi connectivity index (χ4n) is 2.00. The van der Waals surface area contributed by atoms with Crippen LogP contribution in [0.3, 0.4) is 0 Å². The van der Waals surface area contributed by atoms with Crippen molar-refractivity contribution < 1.29 is 0 Å². The molecule has 0 amide bonds. The molecular formula is C15H19BrN4. The summed E-state index contributed by atoms with van der Waals surface area (Å²) in [4.78, 5) is 11.0. The van der Waals surface area contributed by atoms with E-state index in [0.29, 0.717) is 5.95 Å². The second-order valence-electron chi connectivity index (χ2n) is 4.71. The number of hydrogen-bond acceptors (Lipinski definition) is 4. The van der Waals surface area contributed by atoms with Crippen LogP contribution in [0.15, 0.2) is 34.9 Å². The van der Waals surface area contributed by atoms with Crippen LogP contribution in [-0.2, 0) is 6.54 Å². The van der Waals surface area contributed by atoms with E-state index in [9.17, 15) is 0 Å². The van der Waals surface area contributed by atoms with Gasteiger partial charge in [0.2, 0.25) is 5.95 Å². The van der Waals surface area contributed by atoms with Crippen LogP contribution in [0.25, 0.3) is 0 Å². The molecule has 0 aliphatic rings. The number of aromatic nitrogens is 2. The van der Waals surface area contributed by atoms with E-state index in [1.807, 2.05) is 27.1 Å². The molecule has 1 N–H and O–H groups in total. The smallest absolute Gasteiger partial charge is 0.224 e. The second kappa shape index (κ2) is 6.70. The molecule has 1 aromatic heterocycles. The number of nitrogens with zero attached hydrogens (tertiary/aromatic N) is 3. The molecule has 2 rings (SSSR count). The molecule has 106 valence electrons. The molecule has 0 radical (unpaired) electrons. The average Bonchev–Trinajstić information content (AvgIpc) is 2.43. The molecule has 0 saturated carbocycles. The Morgan fingerprint density at radius 2 is 1.95 bits per heavy atom. The quantitative estimate of drug-likeness (QED) is 0.906.